The van der Waals surface area contributed by atoms with Crippen LogP contribution in [0.1, 0.15) is 0 Å². The molecule has 0 aliphatic rings. The second kappa shape index (κ2) is 18.9. The number of nitrogens with zero attached hydrogens (tertiary/aromatic N) is 3. The Bertz CT molecular complexity index is 3960. The Morgan fingerprint density at radius 3 is 1.05 bits per heavy atom. The Hall–Kier alpha value is -9.77. The van der Waals surface area contributed by atoms with Gasteiger partial charge in [0.05, 0.1) is 17.1 Å². The zero-order valence-electron chi connectivity index (χ0n) is 39.7. The van der Waals surface area contributed by atoms with Crippen LogP contribution in [0, 0.1) is 0 Å². The fourth-order valence-corrected chi connectivity index (χ4v) is 10.3. The van der Waals surface area contributed by atoms with E-state index in [4.69, 9.17) is 9.40 Å². The Labute approximate surface area is 424 Å². The van der Waals surface area contributed by atoms with Crippen LogP contribution in [-0.2, 0) is 0 Å². The molecular weight excluding hydrogens is 887 g/mol. The number of fused-ring (bicyclic) bond motifs is 3. The van der Waals surface area contributed by atoms with Crippen LogP contribution in [0.5, 0.6) is 0 Å². The van der Waals surface area contributed by atoms with Gasteiger partial charge >= 0.3 is 0 Å². The van der Waals surface area contributed by atoms with Crippen molar-refractivity contribution in [1.29, 1.82) is 0 Å². The summed E-state index contributed by atoms with van der Waals surface area (Å²) in [5.74, 6) is 0. The molecule has 0 aliphatic carbocycles. The molecule has 0 spiro atoms. The summed E-state index contributed by atoms with van der Waals surface area (Å²) in [5, 5.41) is 2.23. The molecule has 4 heteroatoms. The largest absolute Gasteiger partial charge is 0.455 e. The second-order valence-corrected chi connectivity index (χ2v) is 18.3. The molecule has 0 bridgehead atoms. The highest BCUT2D eigenvalue weighted by Gasteiger charge is 2.18. The third-order valence-corrected chi connectivity index (χ3v) is 13.9. The molecule has 0 saturated carbocycles. The summed E-state index contributed by atoms with van der Waals surface area (Å²) in [6.45, 7) is 0. The summed E-state index contributed by atoms with van der Waals surface area (Å²) in [4.78, 5) is 14.1. The first kappa shape index (κ1) is 43.3. The minimum Gasteiger partial charge on any atom is -0.455 e. The normalized spacial score (nSPS) is 11.3. The van der Waals surface area contributed by atoms with Gasteiger partial charge in [-0.25, -0.2) is 0 Å². The molecule has 4 nitrogen and oxygen atoms in total. The van der Waals surface area contributed by atoms with Crippen LogP contribution >= 0.6 is 0 Å². The van der Waals surface area contributed by atoms with Crippen LogP contribution in [0.3, 0.4) is 0 Å². The van der Waals surface area contributed by atoms with Crippen molar-refractivity contribution in [3.63, 3.8) is 0 Å². The van der Waals surface area contributed by atoms with Gasteiger partial charge in [-0.15, -0.1) is 0 Å². The number of aromatic nitrogens is 3. The lowest BCUT2D eigenvalue weighted by Gasteiger charge is -2.18. The summed E-state index contributed by atoms with van der Waals surface area (Å²) in [6.07, 6.45) is 5.58. The van der Waals surface area contributed by atoms with E-state index in [1.54, 1.807) is 0 Å². The first-order valence-corrected chi connectivity index (χ1v) is 24.6. The first-order valence-electron chi connectivity index (χ1n) is 24.6. The molecule has 9 aromatic carbocycles. The van der Waals surface area contributed by atoms with Gasteiger partial charge in [0.1, 0.15) is 11.2 Å². The molecule has 0 unspecified atom stereocenters. The fraction of sp³-hybridized carbons (Fsp3) is 0. The van der Waals surface area contributed by atoms with Crippen molar-refractivity contribution in [2.24, 2.45) is 0 Å². The van der Waals surface area contributed by atoms with E-state index in [1.165, 1.54) is 0 Å². The molecular formula is C69H45N3O. The fourth-order valence-electron chi connectivity index (χ4n) is 10.3. The van der Waals surface area contributed by atoms with E-state index in [-0.39, 0.29) is 0 Å². The van der Waals surface area contributed by atoms with Gasteiger partial charge in [-0.3, -0.25) is 15.0 Å². The molecule has 4 aromatic heterocycles. The highest BCUT2D eigenvalue weighted by Crippen LogP contribution is 2.43. The summed E-state index contributed by atoms with van der Waals surface area (Å²) in [6, 6.07) is 90.6. The van der Waals surface area contributed by atoms with E-state index in [2.05, 4.69) is 228 Å². The minimum absolute atomic E-state index is 0.887. The van der Waals surface area contributed by atoms with Crippen LogP contribution in [0.2, 0.25) is 0 Å². The maximum absolute atomic E-state index is 6.42. The standard InChI is InChI=1S/C69H45N3O/c1-4-17-59(56(14-1)46-26-32-49(33-27-46)65-23-9-11-39-70-65)53-42-54(60-18-5-2-15-57(60)47-28-34-50(35-29-47)66-24-10-12-40-71-66)44-55(43-53)61-19-6-3-16-58(61)48-30-36-51(37-31-48)67-45-52(38-41-72-67)62-21-13-22-64-63-20-7-8-25-68(63)73-69(62)64/h1-45H. The number of furan rings is 1. The Balaban J connectivity index is 0.905. The molecule has 13 aromatic rings. The maximum atomic E-state index is 6.42. The average Bonchev–Trinajstić information content (AvgIpc) is 3.87. The quantitative estimate of drug-likeness (QED) is 0.137. The Morgan fingerprint density at radius 2 is 0.589 bits per heavy atom. The summed E-state index contributed by atoms with van der Waals surface area (Å²) < 4.78 is 6.42. The topological polar surface area (TPSA) is 51.8 Å². The number of hydrogen-bond donors (Lipinski definition) is 0. The minimum atomic E-state index is 0.887. The predicted molar refractivity (Wildman–Crippen MR) is 301 cm³/mol. The molecule has 0 N–H and O–H groups in total. The SMILES string of the molecule is c1ccc(-c2ccc(-c3ccccc3-c3cc(-c4ccccc4-c4ccc(-c5ccccn5)cc4)cc(-c4ccccc4-c4ccc(-c5cc(-c6cccc7c6oc6ccccc67)ccn5)cc4)c3)cc2)nc1. The Morgan fingerprint density at radius 1 is 0.219 bits per heavy atom. The smallest absolute Gasteiger partial charge is 0.143 e. The van der Waals surface area contributed by atoms with Gasteiger partial charge in [0.15, 0.2) is 0 Å². The summed E-state index contributed by atoms with van der Waals surface area (Å²) in [5.41, 5.74) is 23.6. The second-order valence-electron chi connectivity index (χ2n) is 18.3. The van der Waals surface area contributed by atoms with Crippen molar-refractivity contribution in [2.45, 2.75) is 0 Å². The summed E-state index contributed by atoms with van der Waals surface area (Å²) >= 11 is 0. The first-order chi connectivity index (χ1) is 36.2. The zero-order chi connectivity index (χ0) is 48.5. The van der Waals surface area contributed by atoms with E-state index >= 15 is 0 Å². The van der Waals surface area contributed by atoms with Gasteiger partial charge in [0.2, 0.25) is 0 Å². The molecule has 342 valence electrons. The molecule has 0 atom stereocenters. The van der Waals surface area contributed by atoms with E-state index in [9.17, 15) is 0 Å². The maximum Gasteiger partial charge on any atom is 0.143 e. The highest BCUT2D eigenvalue weighted by molar-refractivity contribution is 6.09. The van der Waals surface area contributed by atoms with Crippen LogP contribution in [-0.4, -0.2) is 15.0 Å². The van der Waals surface area contributed by atoms with Crippen LogP contribution in [0.25, 0.3) is 134 Å². The third-order valence-electron chi connectivity index (χ3n) is 13.9. The molecule has 4 heterocycles. The summed E-state index contributed by atoms with van der Waals surface area (Å²) in [7, 11) is 0. The van der Waals surface area contributed by atoms with Crippen molar-refractivity contribution in [3.05, 3.63) is 273 Å². The molecule has 0 amide bonds. The van der Waals surface area contributed by atoms with Crippen LogP contribution in [0.4, 0.5) is 0 Å². The van der Waals surface area contributed by atoms with Crippen LogP contribution in [0.15, 0.2) is 278 Å². The van der Waals surface area contributed by atoms with Crippen molar-refractivity contribution >= 4 is 21.9 Å². The van der Waals surface area contributed by atoms with E-state index < -0.39 is 0 Å². The lowest BCUT2D eigenvalue weighted by atomic mass is 9.86. The number of para-hydroxylation sites is 2. The van der Waals surface area contributed by atoms with Crippen molar-refractivity contribution in [2.75, 3.05) is 0 Å². The van der Waals surface area contributed by atoms with Crippen molar-refractivity contribution in [3.8, 4) is 112 Å². The Kier molecular flexibility index (Phi) is 11.2. The number of rotatable bonds is 10. The van der Waals surface area contributed by atoms with Crippen molar-refractivity contribution < 1.29 is 4.42 Å². The molecule has 0 saturated heterocycles. The van der Waals surface area contributed by atoms with E-state index in [0.29, 0.717) is 0 Å². The van der Waals surface area contributed by atoms with Gasteiger partial charge in [-0.1, -0.05) is 194 Å². The number of hydrogen-bond acceptors (Lipinski definition) is 4. The molecule has 73 heavy (non-hydrogen) atoms. The van der Waals surface area contributed by atoms with Gasteiger partial charge in [0, 0.05) is 51.6 Å². The zero-order valence-corrected chi connectivity index (χ0v) is 39.7. The molecule has 0 fully saturated rings. The molecule has 0 aliphatic heterocycles. The predicted octanol–water partition coefficient (Wildman–Crippen LogP) is 18.4. The number of benzene rings is 9. The van der Waals surface area contributed by atoms with E-state index in [1.807, 2.05) is 55.0 Å². The van der Waals surface area contributed by atoms with Crippen LogP contribution < -0.4 is 0 Å². The van der Waals surface area contributed by atoms with Crippen molar-refractivity contribution in [1.82, 2.24) is 15.0 Å². The monoisotopic (exact) mass is 931 g/mol. The van der Waals surface area contributed by atoms with Gasteiger partial charge < -0.3 is 4.42 Å². The molecule has 0 radical (unpaired) electrons. The van der Waals surface area contributed by atoms with Gasteiger partial charge in [0.25, 0.3) is 0 Å². The van der Waals surface area contributed by atoms with E-state index in [0.717, 1.165) is 134 Å². The van der Waals surface area contributed by atoms with Gasteiger partial charge in [-0.05, 0) is 133 Å². The lowest BCUT2D eigenvalue weighted by molar-refractivity contribution is 0.670. The highest BCUT2D eigenvalue weighted by atomic mass is 16.3. The van der Waals surface area contributed by atoms with Gasteiger partial charge in [-0.2, -0.15) is 0 Å². The third kappa shape index (κ3) is 8.37. The lowest BCUT2D eigenvalue weighted by Crippen LogP contribution is -1.92. The number of pyridine rings is 3. The average molecular weight is 932 g/mol. The molecule has 13 rings (SSSR count).